The van der Waals surface area contributed by atoms with Crippen LogP contribution in [0.1, 0.15) is 12.8 Å². The standard InChI is InChI=1S/C13H20N4O3S/c1-16-11-6-5-10(9-12(11)17(2)13(16)18)21(19,20)15-8-4-3-7-14/h5-6,9,15H,3-4,7-8,14H2,1-2H3. The van der Waals surface area contributed by atoms with Crippen LogP contribution in [0.4, 0.5) is 0 Å². The van der Waals surface area contributed by atoms with E-state index in [0.717, 1.165) is 6.42 Å². The Morgan fingerprint density at radius 2 is 1.81 bits per heavy atom. The summed E-state index contributed by atoms with van der Waals surface area (Å²) in [5.74, 6) is 0. The van der Waals surface area contributed by atoms with Gasteiger partial charge in [0.1, 0.15) is 0 Å². The molecular formula is C13H20N4O3S. The van der Waals surface area contributed by atoms with Crippen molar-refractivity contribution in [3.63, 3.8) is 0 Å². The van der Waals surface area contributed by atoms with Gasteiger partial charge in [0.25, 0.3) is 0 Å². The Labute approximate surface area is 123 Å². The van der Waals surface area contributed by atoms with Crippen LogP contribution in [0.5, 0.6) is 0 Å². The minimum Gasteiger partial charge on any atom is -0.330 e. The zero-order valence-corrected chi connectivity index (χ0v) is 13.0. The van der Waals surface area contributed by atoms with Crippen molar-refractivity contribution < 1.29 is 8.42 Å². The van der Waals surface area contributed by atoms with E-state index in [9.17, 15) is 13.2 Å². The number of aryl methyl sites for hydroxylation is 2. The molecule has 0 radical (unpaired) electrons. The maximum absolute atomic E-state index is 12.2. The third-order valence-electron chi connectivity index (χ3n) is 3.48. The number of sulfonamides is 1. The highest BCUT2D eigenvalue weighted by atomic mass is 32.2. The molecular weight excluding hydrogens is 292 g/mol. The van der Waals surface area contributed by atoms with Crippen molar-refractivity contribution in [2.75, 3.05) is 13.1 Å². The predicted molar refractivity (Wildman–Crippen MR) is 81.6 cm³/mol. The summed E-state index contributed by atoms with van der Waals surface area (Å²) in [6, 6.07) is 4.67. The summed E-state index contributed by atoms with van der Waals surface area (Å²) < 4.78 is 29.9. The third-order valence-corrected chi connectivity index (χ3v) is 4.94. The lowest BCUT2D eigenvalue weighted by Crippen LogP contribution is -2.25. The summed E-state index contributed by atoms with van der Waals surface area (Å²) in [5, 5.41) is 0. The van der Waals surface area contributed by atoms with E-state index in [2.05, 4.69) is 4.72 Å². The predicted octanol–water partition coefficient (Wildman–Crippen LogP) is -0.106. The lowest BCUT2D eigenvalue weighted by Gasteiger charge is -2.07. The van der Waals surface area contributed by atoms with Crippen molar-refractivity contribution in [3.8, 4) is 0 Å². The molecule has 0 spiro atoms. The first kappa shape index (κ1) is 15.7. The second-order valence-corrected chi connectivity index (χ2v) is 6.71. The number of unbranched alkanes of at least 4 members (excludes halogenated alkanes) is 1. The van der Waals surface area contributed by atoms with Gasteiger partial charge in [-0.1, -0.05) is 0 Å². The molecule has 0 unspecified atom stereocenters. The molecule has 0 atom stereocenters. The Kier molecular flexibility index (Phi) is 4.50. The zero-order chi connectivity index (χ0) is 15.6. The zero-order valence-electron chi connectivity index (χ0n) is 12.2. The molecule has 7 nitrogen and oxygen atoms in total. The van der Waals surface area contributed by atoms with E-state index in [1.165, 1.54) is 21.3 Å². The van der Waals surface area contributed by atoms with E-state index in [-0.39, 0.29) is 10.6 Å². The number of nitrogens with zero attached hydrogens (tertiary/aromatic N) is 2. The van der Waals surface area contributed by atoms with Crippen LogP contribution in [-0.4, -0.2) is 30.6 Å². The minimum absolute atomic E-state index is 0.156. The number of hydrogen-bond acceptors (Lipinski definition) is 4. The summed E-state index contributed by atoms with van der Waals surface area (Å²) >= 11 is 0. The van der Waals surface area contributed by atoms with E-state index < -0.39 is 10.0 Å². The molecule has 2 rings (SSSR count). The molecule has 2 aromatic rings. The molecule has 1 aromatic carbocycles. The first-order chi connectivity index (χ1) is 9.88. The smallest absolute Gasteiger partial charge is 0.328 e. The van der Waals surface area contributed by atoms with Gasteiger partial charge in [-0.05, 0) is 37.6 Å². The molecule has 0 saturated carbocycles. The first-order valence-electron chi connectivity index (χ1n) is 6.73. The fraction of sp³-hybridized carbons (Fsp3) is 0.462. The molecule has 21 heavy (non-hydrogen) atoms. The SMILES string of the molecule is Cn1c(=O)n(C)c2cc(S(=O)(=O)NCCCCN)ccc21. The fourth-order valence-corrected chi connectivity index (χ4v) is 3.31. The lowest BCUT2D eigenvalue weighted by atomic mass is 10.3. The van der Waals surface area contributed by atoms with Gasteiger partial charge in [-0.3, -0.25) is 9.13 Å². The Morgan fingerprint density at radius 3 is 2.48 bits per heavy atom. The minimum atomic E-state index is -3.57. The van der Waals surface area contributed by atoms with Crippen LogP contribution >= 0.6 is 0 Å². The number of nitrogens with one attached hydrogen (secondary N) is 1. The van der Waals surface area contributed by atoms with Crippen LogP contribution in [0.3, 0.4) is 0 Å². The molecule has 8 heteroatoms. The molecule has 0 amide bonds. The molecule has 116 valence electrons. The summed E-state index contributed by atoms with van der Waals surface area (Å²) in [6.45, 7) is 0.894. The van der Waals surface area contributed by atoms with Crippen LogP contribution in [0.2, 0.25) is 0 Å². The van der Waals surface area contributed by atoms with Crippen molar-refractivity contribution in [3.05, 3.63) is 28.7 Å². The lowest BCUT2D eigenvalue weighted by molar-refractivity contribution is 0.577. The van der Waals surface area contributed by atoms with Crippen molar-refractivity contribution >= 4 is 21.1 Å². The number of nitrogens with two attached hydrogens (primary N) is 1. The Balaban J connectivity index is 2.34. The second kappa shape index (κ2) is 6.00. The highest BCUT2D eigenvalue weighted by Crippen LogP contribution is 2.17. The van der Waals surface area contributed by atoms with E-state index >= 15 is 0 Å². The number of hydrogen-bond donors (Lipinski definition) is 2. The topological polar surface area (TPSA) is 99.1 Å². The number of aromatic nitrogens is 2. The van der Waals surface area contributed by atoms with Crippen LogP contribution in [0.25, 0.3) is 11.0 Å². The van der Waals surface area contributed by atoms with Crippen molar-refractivity contribution in [2.24, 2.45) is 19.8 Å². The Bertz CT molecular complexity index is 805. The van der Waals surface area contributed by atoms with Gasteiger partial charge in [-0.2, -0.15) is 0 Å². The largest absolute Gasteiger partial charge is 0.330 e. The average molecular weight is 312 g/mol. The van der Waals surface area contributed by atoms with E-state index in [1.807, 2.05) is 0 Å². The van der Waals surface area contributed by atoms with Gasteiger partial charge < -0.3 is 5.73 Å². The molecule has 0 aliphatic rings. The molecule has 3 N–H and O–H groups in total. The van der Waals surface area contributed by atoms with Crippen LogP contribution in [0, 0.1) is 0 Å². The molecule has 0 saturated heterocycles. The van der Waals surface area contributed by atoms with Gasteiger partial charge in [-0.15, -0.1) is 0 Å². The molecule has 0 fully saturated rings. The summed E-state index contributed by atoms with van der Waals surface area (Å²) in [7, 11) is -0.291. The molecule has 0 aliphatic heterocycles. The number of fused-ring (bicyclic) bond motifs is 1. The van der Waals surface area contributed by atoms with Gasteiger partial charge in [0.15, 0.2) is 0 Å². The van der Waals surface area contributed by atoms with Gasteiger partial charge in [-0.25, -0.2) is 17.9 Å². The molecule has 0 bridgehead atoms. The van der Waals surface area contributed by atoms with Crippen LogP contribution in [-0.2, 0) is 24.1 Å². The normalized spacial score (nSPS) is 12.1. The maximum Gasteiger partial charge on any atom is 0.328 e. The number of benzene rings is 1. The quantitative estimate of drug-likeness (QED) is 0.727. The second-order valence-electron chi connectivity index (χ2n) is 4.94. The Hall–Kier alpha value is -1.64. The van der Waals surface area contributed by atoms with Crippen LogP contribution in [0.15, 0.2) is 27.9 Å². The summed E-state index contributed by atoms with van der Waals surface area (Å²) in [6.07, 6.45) is 1.47. The van der Waals surface area contributed by atoms with E-state index in [0.29, 0.717) is 30.5 Å². The third kappa shape index (κ3) is 3.02. The monoisotopic (exact) mass is 312 g/mol. The average Bonchev–Trinajstić information content (AvgIpc) is 2.68. The number of imidazole rings is 1. The van der Waals surface area contributed by atoms with Gasteiger partial charge >= 0.3 is 5.69 Å². The van der Waals surface area contributed by atoms with Crippen molar-refractivity contribution in [2.45, 2.75) is 17.7 Å². The number of rotatable bonds is 6. The molecule has 0 aliphatic carbocycles. The first-order valence-corrected chi connectivity index (χ1v) is 8.22. The molecule has 1 aromatic heterocycles. The summed E-state index contributed by atoms with van der Waals surface area (Å²) in [5.41, 5.74) is 6.48. The highest BCUT2D eigenvalue weighted by molar-refractivity contribution is 7.89. The Morgan fingerprint density at radius 1 is 1.14 bits per heavy atom. The van der Waals surface area contributed by atoms with Crippen LogP contribution < -0.4 is 16.1 Å². The van der Waals surface area contributed by atoms with Crippen molar-refractivity contribution in [1.29, 1.82) is 0 Å². The highest BCUT2D eigenvalue weighted by Gasteiger charge is 2.16. The van der Waals surface area contributed by atoms with Crippen molar-refractivity contribution in [1.82, 2.24) is 13.9 Å². The maximum atomic E-state index is 12.2. The van der Waals surface area contributed by atoms with Gasteiger partial charge in [0.05, 0.1) is 15.9 Å². The summed E-state index contributed by atoms with van der Waals surface area (Å²) in [4.78, 5) is 12.0. The van der Waals surface area contributed by atoms with E-state index in [4.69, 9.17) is 5.73 Å². The van der Waals surface area contributed by atoms with Gasteiger partial charge in [0, 0.05) is 20.6 Å². The van der Waals surface area contributed by atoms with E-state index in [1.54, 1.807) is 20.2 Å². The molecule has 1 heterocycles. The van der Waals surface area contributed by atoms with Gasteiger partial charge in [0.2, 0.25) is 10.0 Å². The fourth-order valence-electron chi connectivity index (χ4n) is 2.21.